The van der Waals surface area contributed by atoms with Crippen LogP contribution >= 0.6 is 11.3 Å². The van der Waals surface area contributed by atoms with Crippen LogP contribution in [0.25, 0.3) is 21.7 Å². The number of rotatable bonds is 6. The second-order valence-electron chi connectivity index (χ2n) is 6.96. The average Bonchev–Trinajstić information content (AvgIpc) is 3.45. The number of aromatic amines is 1. The summed E-state index contributed by atoms with van der Waals surface area (Å²) >= 11 is 1.23. The predicted molar refractivity (Wildman–Crippen MR) is 115 cm³/mol. The van der Waals surface area contributed by atoms with Gasteiger partial charge in [0.05, 0.1) is 12.8 Å². The van der Waals surface area contributed by atoms with Gasteiger partial charge in [-0.1, -0.05) is 18.2 Å². The summed E-state index contributed by atoms with van der Waals surface area (Å²) in [6, 6.07) is 10.7. The molecule has 0 bridgehead atoms. The molecule has 1 atom stereocenters. The minimum Gasteiger partial charge on any atom is -0.467 e. The Labute approximate surface area is 177 Å². The summed E-state index contributed by atoms with van der Waals surface area (Å²) in [7, 11) is 1.31. The van der Waals surface area contributed by atoms with Gasteiger partial charge in [0.15, 0.2) is 10.8 Å². The molecule has 30 heavy (non-hydrogen) atoms. The molecule has 0 saturated heterocycles. The molecule has 4 rings (SSSR count). The van der Waals surface area contributed by atoms with Gasteiger partial charge in [-0.25, -0.2) is 9.78 Å². The number of para-hydroxylation sites is 1. The van der Waals surface area contributed by atoms with Crippen molar-refractivity contribution < 1.29 is 18.7 Å². The van der Waals surface area contributed by atoms with Gasteiger partial charge in [-0.2, -0.15) is 0 Å². The highest BCUT2D eigenvalue weighted by molar-refractivity contribution is 7.17. The Kier molecular flexibility index (Phi) is 5.41. The van der Waals surface area contributed by atoms with Crippen molar-refractivity contribution in [2.75, 3.05) is 7.11 Å². The van der Waals surface area contributed by atoms with Crippen LogP contribution in [0.2, 0.25) is 0 Å². The highest BCUT2D eigenvalue weighted by Crippen LogP contribution is 2.29. The fourth-order valence-electron chi connectivity index (χ4n) is 3.34. The topological polar surface area (TPSA) is 97.2 Å². The number of aryl methyl sites for hydroxylation is 2. The molecule has 3 heterocycles. The molecule has 3 aromatic heterocycles. The van der Waals surface area contributed by atoms with Crippen molar-refractivity contribution in [1.82, 2.24) is 15.3 Å². The van der Waals surface area contributed by atoms with E-state index in [4.69, 9.17) is 9.15 Å². The number of methoxy groups -OCH3 is 1. The lowest BCUT2D eigenvalue weighted by Gasteiger charge is -2.16. The van der Waals surface area contributed by atoms with E-state index in [0.29, 0.717) is 27.8 Å². The van der Waals surface area contributed by atoms with Gasteiger partial charge >= 0.3 is 5.97 Å². The molecule has 0 fully saturated rings. The largest absolute Gasteiger partial charge is 0.467 e. The SMILES string of the molecule is COC(=O)[C@@H](Cc1c[nH]c2ccccc12)NC(=O)c1sc(-c2ccc(C)o2)nc1C. The molecule has 1 amide bonds. The number of thiazole rings is 1. The second kappa shape index (κ2) is 8.16. The van der Waals surface area contributed by atoms with E-state index in [1.807, 2.05) is 49.5 Å². The number of H-pyrrole nitrogens is 1. The monoisotopic (exact) mass is 423 g/mol. The number of amides is 1. The van der Waals surface area contributed by atoms with Crippen molar-refractivity contribution in [2.45, 2.75) is 26.3 Å². The molecule has 7 nitrogen and oxygen atoms in total. The molecule has 0 aliphatic heterocycles. The molecule has 0 aliphatic rings. The van der Waals surface area contributed by atoms with E-state index < -0.39 is 12.0 Å². The fraction of sp³-hybridized carbons (Fsp3) is 0.227. The lowest BCUT2D eigenvalue weighted by atomic mass is 10.0. The summed E-state index contributed by atoms with van der Waals surface area (Å²) in [6.45, 7) is 3.61. The summed E-state index contributed by atoms with van der Waals surface area (Å²) in [4.78, 5) is 33.4. The van der Waals surface area contributed by atoms with Gasteiger partial charge in [-0.15, -0.1) is 11.3 Å². The van der Waals surface area contributed by atoms with Gasteiger partial charge in [-0.3, -0.25) is 4.79 Å². The predicted octanol–water partition coefficient (Wildman–Crippen LogP) is 4.02. The molecule has 0 unspecified atom stereocenters. The lowest BCUT2D eigenvalue weighted by molar-refractivity contribution is -0.142. The van der Waals surface area contributed by atoms with Crippen molar-refractivity contribution in [1.29, 1.82) is 0 Å². The number of esters is 1. The van der Waals surface area contributed by atoms with Crippen LogP contribution in [0.1, 0.15) is 26.7 Å². The Morgan fingerprint density at radius 2 is 2.03 bits per heavy atom. The second-order valence-corrected chi connectivity index (χ2v) is 7.96. The van der Waals surface area contributed by atoms with Crippen molar-refractivity contribution in [3.05, 3.63) is 64.5 Å². The highest BCUT2D eigenvalue weighted by Gasteiger charge is 2.26. The number of benzene rings is 1. The molecule has 2 N–H and O–H groups in total. The Balaban J connectivity index is 1.57. The minimum absolute atomic E-state index is 0.310. The molecule has 0 radical (unpaired) electrons. The zero-order valence-corrected chi connectivity index (χ0v) is 17.6. The number of nitrogens with zero attached hydrogens (tertiary/aromatic N) is 1. The molecule has 1 aromatic carbocycles. The first kappa shape index (κ1) is 19.9. The third-order valence-corrected chi connectivity index (χ3v) is 6.01. The zero-order valence-electron chi connectivity index (χ0n) is 16.8. The van der Waals surface area contributed by atoms with Gasteiger partial charge in [0.2, 0.25) is 0 Å². The average molecular weight is 423 g/mol. The van der Waals surface area contributed by atoms with Crippen LogP contribution < -0.4 is 5.32 Å². The molecular weight excluding hydrogens is 402 g/mol. The number of furan rings is 1. The lowest BCUT2D eigenvalue weighted by Crippen LogP contribution is -2.43. The summed E-state index contributed by atoms with van der Waals surface area (Å²) < 4.78 is 10.5. The maximum Gasteiger partial charge on any atom is 0.328 e. The van der Waals surface area contributed by atoms with Crippen LogP contribution in [0.5, 0.6) is 0 Å². The van der Waals surface area contributed by atoms with Crippen LogP contribution in [0.3, 0.4) is 0 Å². The van der Waals surface area contributed by atoms with E-state index >= 15 is 0 Å². The molecule has 4 aromatic rings. The van der Waals surface area contributed by atoms with E-state index in [9.17, 15) is 9.59 Å². The van der Waals surface area contributed by atoms with E-state index in [1.54, 1.807) is 6.92 Å². The molecular formula is C22H21N3O4S. The number of nitrogens with one attached hydrogen (secondary N) is 2. The Hall–Kier alpha value is -3.39. The fourth-order valence-corrected chi connectivity index (χ4v) is 4.27. The van der Waals surface area contributed by atoms with Gasteiger partial charge in [0.1, 0.15) is 16.7 Å². The quantitative estimate of drug-likeness (QED) is 0.457. The Morgan fingerprint density at radius 1 is 1.23 bits per heavy atom. The van der Waals surface area contributed by atoms with E-state index in [-0.39, 0.29) is 5.91 Å². The van der Waals surface area contributed by atoms with Gasteiger partial charge in [0.25, 0.3) is 5.91 Å². The van der Waals surface area contributed by atoms with Gasteiger partial charge in [0, 0.05) is 23.5 Å². The summed E-state index contributed by atoms with van der Waals surface area (Å²) in [5.74, 6) is 0.517. The first-order valence-corrected chi connectivity index (χ1v) is 10.3. The maximum atomic E-state index is 13.0. The van der Waals surface area contributed by atoms with Crippen molar-refractivity contribution in [3.63, 3.8) is 0 Å². The van der Waals surface area contributed by atoms with E-state index in [0.717, 1.165) is 22.2 Å². The van der Waals surface area contributed by atoms with E-state index in [2.05, 4.69) is 15.3 Å². The Morgan fingerprint density at radius 3 is 2.77 bits per heavy atom. The third kappa shape index (κ3) is 3.86. The number of fused-ring (bicyclic) bond motifs is 1. The molecule has 154 valence electrons. The number of carbonyl (C=O) groups is 2. The standard InChI is InChI=1S/C22H21N3O4S/c1-12-8-9-18(29-12)21-24-13(2)19(30-21)20(26)25-17(22(27)28-3)10-14-11-23-16-7-5-4-6-15(14)16/h4-9,11,17,23H,10H2,1-3H3,(H,25,26)/t17-/m1/s1. The first-order chi connectivity index (χ1) is 14.5. The first-order valence-electron chi connectivity index (χ1n) is 9.44. The number of hydrogen-bond donors (Lipinski definition) is 2. The Bertz CT molecular complexity index is 1220. The van der Waals surface area contributed by atoms with Crippen molar-refractivity contribution >= 4 is 34.1 Å². The van der Waals surface area contributed by atoms with Crippen LogP contribution in [0, 0.1) is 13.8 Å². The van der Waals surface area contributed by atoms with Crippen molar-refractivity contribution in [2.24, 2.45) is 0 Å². The normalized spacial score (nSPS) is 12.1. The number of aromatic nitrogens is 2. The van der Waals surface area contributed by atoms with E-state index in [1.165, 1.54) is 18.4 Å². The van der Waals surface area contributed by atoms with Crippen molar-refractivity contribution in [3.8, 4) is 10.8 Å². The molecule has 0 saturated carbocycles. The minimum atomic E-state index is -0.822. The van der Waals surface area contributed by atoms with Crippen LogP contribution in [0.4, 0.5) is 0 Å². The highest BCUT2D eigenvalue weighted by atomic mass is 32.1. The van der Waals surface area contributed by atoms with Crippen LogP contribution in [0.15, 0.2) is 47.0 Å². The summed E-state index contributed by atoms with van der Waals surface area (Å²) in [6.07, 6.45) is 2.16. The molecule has 0 spiro atoms. The molecule has 8 heteroatoms. The van der Waals surface area contributed by atoms with Crippen LogP contribution in [-0.2, 0) is 16.0 Å². The van der Waals surface area contributed by atoms with Gasteiger partial charge in [-0.05, 0) is 37.6 Å². The summed E-state index contributed by atoms with van der Waals surface area (Å²) in [5.41, 5.74) is 2.48. The number of ether oxygens (including phenoxy) is 1. The van der Waals surface area contributed by atoms with Crippen LogP contribution in [-0.4, -0.2) is 35.0 Å². The summed E-state index contributed by atoms with van der Waals surface area (Å²) in [5, 5.41) is 4.44. The third-order valence-electron chi connectivity index (χ3n) is 4.84. The number of hydrogen-bond acceptors (Lipinski definition) is 6. The van der Waals surface area contributed by atoms with Gasteiger partial charge < -0.3 is 19.5 Å². The zero-order chi connectivity index (χ0) is 21.3. The smallest absolute Gasteiger partial charge is 0.328 e. The number of carbonyl (C=O) groups excluding carboxylic acids is 2. The maximum absolute atomic E-state index is 13.0. The molecule has 0 aliphatic carbocycles.